The molecule has 3 rings (SSSR count). The van der Waals surface area contributed by atoms with Crippen LogP contribution >= 0.6 is 11.8 Å². The molecule has 0 radical (unpaired) electrons. The minimum Gasteiger partial charge on any atom is -0.444 e. The Balaban J connectivity index is 1.99. The molecule has 28 heavy (non-hydrogen) atoms. The predicted octanol–water partition coefficient (Wildman–Crippen LogP) is 5.34. The summed E-state index contributed by atoms with van der Waals surface area (Å²) in [5.41, 5.74) is 0.220. The summed E-state index contributed by atoms with van der Waals surface area (Å²) in [7, 11) is 0. The molecule has 1 amide bonds. The number of nitrogens with zero attached hydrogens (tertiary/aromatic N) is 1. The van der Waals surface area contributed by atoms with Crippen molar-refractivity contribution in [3.8, 4) is 0 Å². The minimum atomic E-state index is -2.48. The van der Waals surface area contributed by atoms with Crippen LogP contribution in [-0.2, 0) is 4.74 Å². The smallest absolute Gasteiger partial charge is 0.410 e. The monoisotopic (exact) mass is 404 g/mol. The van der Waals surface area contributed by atoms with Gasteiger partial charge in [-0.25, -0.2) is 4.79 Å². The first-order chi connectivity index (χ1) is 15.7. The van der Waals surface area contributed by atoms with Gasteiger partial charge < -0.3 is 10.1 Å². The van der Waals surface area contributed by atoms with Gasteiger partial charge in [-0.1, -0.05) is 47.7 Å². The van der Waals surface area contributed by atoms with Crippen molar-refractivity contribution in [2.45, 2.75) is 55.9 Å². The van der Waals surface area contributed by atoms with E-state index in [1.165, 1.54) is 23.9 Å². The van der Waals surface area contributed by atoms with Crippen molar-refractivity contribution < 1.29 is 17.8 Å². The molecule has 0 aromatic heterocycles. The third-order valence-corrected chi connectivity index (χ3v) is 5.52. The second-order valence-corrected chi connectivity index (χ2v) is 8.83. The second-order valence-electron chi connectivity index (χ2n) is 7.74. The maximum atomic E-state index is 12.9. The van der Waals surface area contributed by atoms with E-state index < -0.39 is 25.4 Å². The number of hydrogen-bond donors (Lipinski definition) is 1. The molecule has 4 nitrogen and oxygen atoms in total. The Labute approximate surface area is 181 Å². The lowest BCUT2D eigenvalue weighted by Crippen LogP contribution is -2.50. The second kappa shape index (κ2) is 8.58. The Morgan fingerprint density at radius 3 is 2.79 bits per heavy atom. The fraction of sp³-hybridized carbons (Fsp3) is 0.435. The standard InChI is InChI=1S/C23H30N2O2S/c1-16-10-11-20(17(2)14-16)28-21-9-7-6-8-18(21)19-15-24-12-13-25(19)22(26)27-23(3,4)5/h6-11,14,19,24H,12-13,15H2,1-5H3/i1D3,2D3. The molecular formula is C23H30N2O2S. The van der Waals surface area contributed by atoms with Crippen molar-refractivity contribution in [2.75, 3.05) is 19.6 Å². The molecule has 1 fully saturated rings. The minimum absolute atomic E-state index is 0.00769. The van der Waals surface area contributed by atoms with Gasteiger partial charge in [-0.2, -0.15) is 0 Å². The van der Waals surface area contributed by atoms with Gasteiger partial charge in [0.2, 0.25) is 0 Å². The van der Waals surface area contributed by atoms with E-state index in [1.54, 1.807) is 11.0 Å². The third-order valence-electron chi connectivity index (χ3n) is 4.35. The van der Waals surface area contributed by atoms with Crippen LogP contribution in [0, 0.1) is 13.7 Å². The van der Waals surface area contributed by atoms with Crippen LogP contribution in [0.5, 0.6) is 0 Å². The van der Waals surface area contributed by atoms with Crippen molar-refractivity contribution in [1.29, 1.82) is 0 Å². The molecule has 2 aromatic carbocycles. The molecule has 1 aliphatic rings. The van der Waals surface area contributed by atoms with E-state index in [1.807, 2.05) is 45.0 Å². The van der Waals surface area contributed by atoms with Gasteiger partial charge in [-0.15, -0.1) is 0 Å². The zero-order valence-corrected chi connectivity index (χ0v) is 17.2. The van der Waals surface area contributed by atoms with Crippen molar-refractivity contribution in [1.82, 2.24) is 10.2 Å². The van der Waals surface area contributed by atoms with Gasteiger partial charge in [0.25, 0.3) is 0 Å². The number of piperazine rings is 1. The summed E-state index contributed by atoms with van der Waals surface area (Å²) in [6, 6.07) is 11.5. The highest BCUT2D eigenvalue weighted by molar-refractivity contribution is 7.99. The Kier molecular flexibility index (Phi) is 4.31. The summed E-state index contributed by atoms with van der Waals surface area (Å²) >= 11 is 1.26. The fourth-order valence-corrected chi connectivity index (χ4v) is 4.12. The van der Waals surface area contributed by atoms with E-state index in [-0.39, 0.29) is 17.2 Å². The molecule has 1 N–H and O–H groups in total. The van der Waals surface area contributed by atoms with E-state index in [2.05, 4.69) is 5.32 Å². The third kappa shape index (κ3) is 5.09. The van der Waals surface area contributed by atoms with Gasteiger partial charge in [0.05, 0.1) is 6.04 Å². The number of aryl methyl sites for hydroxylation is 2. The zero-order valence-electron chi connectivity index (χ0n) is 22.4. The van der Waals surface area contributed by atoms with Gasteiger partial charge in [0.15, 0.2) is 0 Å². The summed E-state index contributed by atoms with van der Waals surface area (Å²) in [6.45, 7) is 2.25. The number of amides is 1. The first kappa shape index (κ1) is 14.1. The van der Waals surface area contributed by atoms with Crippen LogP contribution < -0.4 is 5.32 Å². The van der Waals surface area contributed by atoms with Gasteiger partial charge in [0.1, 0.15) is 5.60 Å². The van der Waals surface area contributed by atoms with Crippen LogP contribution in [0.2, 0.25) is 0 Å². The van der Waals surface area contributed by atoms with Crippen molar-refractivity contribution in [3.05, 3.63) is 59.2 Å². The lowest BCUT2D eigenvalue weighted by atomic mass is 10.0. The molecule has 2 aromatic rings. The Hall–Kier alpha value is -1.98. The van der Waals surface area contributed by atoms with Gasteiger partial charge in [0, 0.05) is 37.6 Å². The number of carbonyl (C=O) groups is 1. The highest BCUT2D eigenvalue weighted by Crippen LogP contribution is 2.37. The molecular weight excluding hydrogens is 368 g/mol. The number of nitrogens with one attached hydrogen (secondary N) is 1. The van der Waals surface area contributed by atoms with Crippen molar-refractivity contribution in [3.63, 3.8) is 0 Å². The largest absolute Gasteiger partial charge is 0.444 e. The first-order valence-electron chi connectivity index (χ1n) is 12.3. The van der Waals surface area contributed by atoms with Crippen LogP contribution in [0.4, 0.5) is 4.79 Å². The molecule has 150 valence electrons. The lowest BCUT2D eigenvalue weighted by Gasteiger charge is -2.38. The number of ether oxygens (including phenoxy) is 1. The Bertz CT molecular complexity index is 1030. The van der Waals surface area contributed by atoms with Crippen LogP contribution in [0.25, 0.3) is 0 Å². The SMILES string of the molecule is [2H]C([2H])([2H])c1ccc(Sc2ccccc2C2CNCCN2C(=O)OC(C)(C)C)c(C([2H])([2H])[2H])c1. The molecule has 0 aliphatic carbocycles. The van der Waals surface area contributed by atoms with Crippen LogP contribution in [0.3, 0.4) is 0 Å². The normalized spacial score (nSPS) is 21.5. The maximum absolute atomic E-state index is 12.9. The molecule has 1 aliphatic heterocycles. The molecule has 1 saturated heterocycles. The summed E-state index contributed by atoms with van der Waals surface area (Å²) in [6.07, 6.45) is -0.399. The quantitative estimate of drug-likeness (QED) is 0.750. The van der Waals surface area contributed by atoms with E-state index >= 15 is 0 Å². The van der Waals surface area contributed by atoms with Gasteiger partial charge in [-0.05, 0) is 57.7 Å². The highest BCUT2D eigenvalue weighted by Gasteiger charge is 2.32. The lowest BCUT2D eigenvalue weighted by molar-refractivity contribution is 0.0115. The van der Waals surface area contributed by atoms with Crippen LogP contribution in [0.1, 0.15) is 51.7 Å². The topological polar surface area (TPSA) is 41.6 Å². The summed E-state index contributed by atoms with van der Waals surface area (Å²) < 4.78 is 52.4. The average Bonchev–Trinajstić information content (AvgIpc) is 2.71. The van der Waals surface area contributed by atoms with Crippen LogP contribution in [0.15, 0.2) is 52.3 Å². The maximum Gasteiger partial charge on any atom is 0.410 e. The van der Waals surface area contributed by atoms with Gasteiger partial charge in [-0.3, -0.25) is 4.90 Å². The summed E-state index contributed by atoms with van der Waals surface area (Å²) in [5, 5.41) is 3.32. The summed E-state index contributed by atoms with van der Waals surface area (Å²) in [5.74, 6) is 0. The van der Waals surface area contributed by atoms with Crippen LogP contribution in [-0.4, -0.2) is 36.2 Å². The van der Waals surface area contributed by atoms with E-state index in [4.69, 9.17) is 13.0 Å². The Morgan fingerprint density at radius 2 is 2.04 bits per heavy atom. The van der Waals surface area contributed by atoms with E-state index in [0.29, 0.717) is 24.5 Å². The highest BCUT2D eigenvalue weighted by atomic mass is 32.2. The molecule has 0 bridgehead atoms. The first-order valence-corrected chi connectivity index (χ1v) is 10.1. The molecule has 1 heterocycles. The molecule has 5 heteroatoms. The fourth-order valence-electron chi connectivity index (χ4n) is 3.11. The van der Waals surface area contributed by atoms with Crippen molar-refractivity contribution >= 4 is 17.9 Å². The van der Waals surface area contributed by atoms with Crippen molar-refractivity contribution in [2.24, 2.45) is 0 Å². The molecule has 1 unspecified atom stereocenters. The van der Waals surface area contributed by atoms with E-state index in [0.717, 1.165) is 10.5 Å². The zero-order chi connectivity index (χ0) is 25.3. The number of benzene rings is 2. The molecule has 1 atom stereocenters. The van der Waals surface area contributed by atoms with Gasteiger partial charge >= 0.3 is 6.09 Å². The Morgan fingerprint density at radius 1 is 1.21 bits per heavy atom. The number of carbonyl (C=O) groups excluding carboxylic acids is 1. The number of hydrogen-bond acceptors (Lipinski definition) is 4. The summed E-state index contributed by atoms with van der Waals surface area (Å²) in [4.78, 5) is 15.9. The number of rotatable bonds is 3. The molecule has 0 saturated carbocycles. The average molecular weight is 405 g/mol. The molecule has 0 spiro atoms. The van der Waals surface area contributed by atoms with E-state index in [9.17, 15) is 4.79 Å². The predicted molar refractivity (Wildman–Crippen MR) is 115 cm³/mol.